The Kier molecular flexibility index (Phi) is 5.70. The van der Waals surface area contributed by atoms with Gasteiger partial charge in [-0.05, 0) is 13.8 Å². The molecule has 1 fully saturated rings. The predicted molar refractivity (Wildman–Crippen MR) is 77.1 cm³/mol. The zero-order valence-corrected chi connectivity index (χ0v) is 12.1. The Bertz CT molecular complexity index is 609. The van der Waals surface area contributed by atoms with E-state index in [1.807, 2.05) is 0 Å². The van der Waals surface area contributed by atoms with Crippen molar-refractivity contribution in [3.8, 4) is 0 Å². The smallest absolute Gasteiger partial charge is 0.339 e. The molecule has 0 unspecified atom stereocenters. The van der Waals surface area contributed by atoms with Gasteiger partial charge in [-0.25, -0.2) is 14.7 Å². The van der Waals surface area contributed by atoms with Crippen molar-refractivity contribution in [2.45, 2.75) is 26.7 Å². The topological polar surface area (TPSA) is 143 Å². The number of aromatic nitrogens is 1. The highest BCUT2D eigenvalue weighted by Gasteiger charge is 2.31. The Morgan fingerprint density at radius 3 is 2.18 bits per heavy atom. The Morgan fingerprint density at radius 1 is 1.27 bits per heavy atom. The summed E-state index contributed by atoms with van der Waals surface area (Å²) >= 11 is 0. The minimum atomic E-state index is -1.21. The minimum Gasteiger partial charge on any atom is -0.478 e. The summed E-state index contributed by atoms with van der Waals surface area (Å²) < 4.78 is 0. The Balaban J connectivity index is 0.000000541. The fourth-order valence-electron chi connectivity index (χ4n) is 1.69. The van der Waals surface area contributed by atoms with Crippen molar-refractivity contribution in [1.29, 1.82) is 0 Å². The molecular formula is C13H16N4O5. The third-order valence-electron chi connectivity index (χ3n) is 2.56. The lowest BCUT2D eigenvalue weighted by Crippen LogP contribution is -2.29. The molecule has 1 aliphatic rings. The molecule has 4 N–H and O–H groups in total. The maximum absolute atomic E-state index is 11.5. The zero-order chi connectivity index (χ0) is 16.9. The summed E-state index contributed by atoms with van der Waals surface area (Å²) in [5.41, 5.74) is 2.15. The van der Waals surface area contributed by atoms with Crippen molar-refractivity contribution in [1.82, 2.24) is 4.98 Å². The van der Waals surface area contributed by atoms with Gasteiger partial charge in [0.05, 0.1) is 5.69 Å². The number of anilines is 2. The Hall–Kier alpha value is -2.81. The number of Topliss-reactive ketones (excluding diaryl/α,β-unsaturated/α-hetero) is 1. The lowest BCUT2D eigenvalue weighted by Gasteiger charge is -2.14. The van der Waals surface area contributed by atoms with Gasteiger partial charge in [-0.15, -0.1) is 0 Å². The third kappa shape index (κ3) is 4.09. The van der Waals surface area contributed by atoms with E-state index in [-0.39, 0.29) is 47.5 Å². The second-order valence-corrected chi connectivity index (χ2v) is 4.57. The summed E-state index contributed by atoms with van der Waals surface area (Å²) in [6, 6.07) is 1.25. The third-order valence-corrected chi connectivity index (χ3v) is 2.56. The Morgan fingerprint density at radius 2 is 1.77 bits per heavy atom. The number of hydrogen-bond acceptors (Lipinski definition) is 7. The molecule has 0 aromatic carbocycles. The number of ketones is 1. The van der Waals surface area contributed by atoms with Crippen LogP contribution in [0.3, 0.4) is 0 Å². The second-order valence-electron chi connectivity index (χ2n) is 4.57. The number of nitrogen functional groups attached to an aromatic ring is 1. The van der Waals surface area contributed by atoms with E-state index < -0.39 is 5.97 Å². The predicted octanol–water partition coefficient (Wildman–Crippen LogP) is 0.314. The number of hydrazine groups is 1. The van der Waals surface area contributed by atoms with E-state index in [9.17, 15) is 19.2 Å². The van der Waals surface area contributed by atoms with Gasteiger partial charge in [-0.3, -0.25) is 15.4 Å². The molecule has 0 saturated carbocycles. The number of carboxylic acids is 1. The average Bonchev–Trinajstić information content (AvgIpc) is 2.76. The molecule has 22 heavy (non-hydrogen) atoms. The van der Waals surface area contributed by atoms with Gasteiger partial charge in [0.25, 0.3) is 0 Å². The molecule has 9 nitrogen and oxygen atoms in total. The zero-order valence-electron chi connectivity index (χ0n) is 12.1. The fourth-order valence-corrected chi connectivity index (χ4v) is 1.69. The summed E-state index contributed by atoms with van der Waals surface area (Å²) in [6.45, 7) is 3.06. The van der Waals surface area contributed by atoms with Gasteiger partial charge in [0, 0.05) is 25.1 Å². The maximum Gasteiger partial charge on any atom is 0.339 e. The summed E-state index contributed by atoms with van der Waals surface area (Å²) in [7, 11) is 0. The van der Waals surface area contributed by atoms with Crippen LogP contribution in [0.1, 0.15) is 37.0 Å². The summed E-state index contributed by atoms with van der Waals surface area (Å²) in [4.78, 5) is 48.0. The van der Waals surface area contributed by atoms with Crippen molar-refractivity contribution in [3.05, 3.63) is 17.8 Å². The maximum atomic E-state index is 11.5. The lowest BCUT2D eigenvalue weighted by atomic mass is 10.2. The molecule has 0 spiro atoms. The normalized spacial score (nSPS) is 13.5. The van der Waals surface area contributed by atoms with Crippen LogP contribution in [-0.4, -0.2) is 33.7 Å². The Labute approximate surface area is 126 Å². The van der Waals surface area contributed by atoms with Gasteiger partial charge < -0.3 is 15.3 Å². The van der Waals surface area contributed by atoms with Crippen LogP contribution in [0.4, 0.5) is 11.5 Å². The number of imide groups is 1. The number of aromatic carboxylic acids is 1. The number of carboxylic acid groups (broad SMARTS) is 1. The van der Waals surface area contributed by atoms with Gasteiger partial charge in [0.2, 0.25) is 11.8 Å². The average molecular weight is 308 g/mol. The van der Waals surface area contributed by atoms with Gasteiger partial charge >= 0.3 is 5.97 Å². The molecule has 1 aromatic heterocycles. The fraction of sp³-hybridized carbons (Fsp3) is 0.308. The van der Waals surface area contributed by atoms with Crippen LogP contribution in [0.25, 0.3) is 0 Å². The number of nitrogens with one attached hydrogen (secondary N) is 1. The van der Waals surface area contributed by atoms with Gasteiger partial charge in [0.15, 0.2) is 0 Å². The number of amides is 2. The first kappa shape index (κ1) is 17.2. The van der Waals surface area contributed by atoms with Crippen LogP contribution < -0.4 is 16.2 Å². The van der Waals surface area contributed by atoms with Gasteiger partial charge in [0.1, 0.15) is 17.2 Å². The van der Waals surface area contributed by atoms with Crippen LogP contribution in [0.15, 0.2) is 12.3 Å². The summed E-state index contributed by atoms with van der Waals surface area (Å²) in [5, 5.41) is 8.87. The minimum absolute atomic E-state index is 0.0699. The molecular weight excluding hydrogens is 292 g/mol. The molecule has 0 atom stereocenters. The van der Waals surface area contributed by atoms with E-state index in [2.05, 4.69) is 10.4 Å². The lowest BCUT2D eigenvalue weighted by molar-refractivity contribution is -0.121. The molecule has 2 heterocycles. The molecule has 1 aliphatic heterocycles. The number of carbonyl (C=O) groups excluding carboxylic acids is 3. The van der Waals surface area contributed by atoms with Gasteiger partial charge in [-0.1, -0.05) is 0 Å². The van der Waals surface area contributed by atoms with Crippen LogP contribution in [0.2, 0.25) is 0 Å². The number of hydrogen-bond donors (Lipinski definition) is 3. The molecule has 0 bridgehead atoms. The van der Waals surface area contributed by atoms with E-state index in [0.717, 1.165) is 11.1 Å². The van der Waals surface area contributed by atoms with E-state index in [1.165, 1.54) is 19.9 Å². The number of nitrogens with two attached hydrogens (primary N) is 1. The first-order valence-corrected chi connectivity index (χ1v) is 6.30. The number of carbonyl (C=O) groups is 4. The molecule has 1 aromatic rings. The molecule has 9 heteroatoms. The van der Waals surface area contributed by atoms with Crippen molar-refractivity contribution in [2.75, 3.05) is 10.3 Å². The van der Waals surface area contributed by atoms with Gasteiger partial charge in [-0.2, -0.15) is 0 Å². The molecule has 2 rings (SSSR count). The second kappa shape index (κ2) is 7.27. The number of pyridine rings is 1. The standard InChI is InChI=1S/C10H10N4O4.C3H6O/c11-13-6-3-7(12-4-5(6)10(17)18)14-8(15)1-2-9(14)16;1-3(2)4/h3-4H,1-2,11H2,(H,12,13)(H,17,18);1-2H3. The SMILES string of the molecule is CC(C)=O.NNc1cc(N2C(=O)CCC2=O)ncc1C(=O)O. The molecule has 0 aliphatic carbocycles. The van der Waals surface area contributed by atoms with Crippen molar-refractivity contribution in [2.24, 2.45) is 5.84 Å². The summed E-state index contributed by atoms with van der Waals surface area (Å²) in [5.74, 6) is 3.50. The largest absolute Gasteiger partial charge is 0.478 e. The monoisotopic (exact) mass is 308 g/mol. The van der Waals surface area contributed by atoms with Crippen LogP contribution in [-0.2, 0) is 14.4 Å². The molecule has 2 amide bonds. The van der Waals surface area contributed by atoms with Crippen LogP contribution >= 0.6 is 0 Å². The van der Waals surface area contributed by atoms with Crippen LogP contribution in [0, 0.1) is 0 Å². The first-order valence-electron chi connectivity index (χ1n) is 6.30. The quantitative estimate of drug-likeness (QED) is 0.411. The van der Waals surface area contributed by atoms with E-state index >= 15 is 0 Å². The van der Waals surface area contributed by atoms with Crippen molar-refractivity contribution >= 4 is 35.1 Å². The highest BCUT2D eigenvalue weighted by molar-refractivity contribution is 6.19. The number of rotatable bonds is 3. The van der Waals surface area contributed by atoms with Crippen LogP contribution in [0.5, 0.6) is 0 Å². The van der Waals surface area contributed by atoms with E-state index in [1.54, 1.807) is 0 Å². The summed E-state index contributed by atoms with van der Waals surface area (Å²) in [6.07, 6.45) is 1.31. The van der Waals surface area contributed by atoms with Crippen molar-refractivity contribution in [3.63, 3.8) is 0 Å². The van der Waals surface area contributed by atoms with E-state index in [4.69, 9.17) is 10.9 Å². The highest BCUT2D eigenvalue weighted by Crippen LogP contribution is 2.24. The molecule has 1 saturated heterocycles. The van der Waals surface area contributed by atoms with E-state index in [0.29, 0.717) is 0 Å². The molecule has 0 radical (unpaired) electrons. The first-order chi connectivity index (χ1) is 10.3. The number of nitrogens with zero attached hydrogens (tertiary/aromatic N) is 2. The van der Waals surface area contributed by atoms with Crippen molar-refractivity contribution < 1.29 is 24.3 Å². The highest BCUT2D eigenvalue weighted by atomic mass is 16.4. The molecule has 118 valence electrons.